The molecule has 0 radical (unpaired) electrons. The molecule has 1 atom stereocenters. The summed E-state index contributed by atoms with van der Waals surface area (Å²) < 4.78 is 1.74. The van der Waals surface area contributed by atoms with E-state index in [1.54, 1.807) is 16.9 Å². The summed E-state index contributed by atoms with van der Waals surface area (Å²) in [6.07, 6.45) is 5.39. The Morgan fingerprint density at radius 1 is 1.28 bits per heavy atom. The van der Waals surface area contributed by atoms with Crippen LogP contribution in [0.5, 0.6) is 0 Å². The lowest BCUT2D eigenvalue weighted by atomic mass is 10.0. The lowest BCUT2D eigenvalue weighted by Gasteiger charge is -2.10. The van der Waals surface area contributed by atoms with Crippen LogP contribution in [0.25, 0.3) is 5.69 Å². The number of halogens is 1. The largest absolute Gasteiger partial charge is 0.314 e. The van der Waals surface area contributed by atoms with Gasteiger partial charge in [0, 0.05) is 6.04 Å². The zero-order valence-corrected chi connectivity index (χ0v) is 10.9. The van der Waals surface area contributed by atoms with Gasteiger partial charge in [-0.15, -0.1) is 0 Å². The fourth-order valence-electron chi connectivity index (χ4n) is 2.47. The highest BCUT2D eigenvalue weighted by Crippen LogP contribution is 2.17. The van der Waals surface area contributed by atoms with E-state index < -0.39 is 0 Å². The Morgan fingerprint density at radius 3 is 2.72 bits per heavy atom. The van der Waals surface area contributed by atoms with Crippen molar-refractivity contribution in [2.24, 2.45) is 0 Å². The zero-order chi connectivity index (χ0) is 12.4. The van der Waals surface area contributed by atoms with Gasteiger partial charge in [-0.05, 0) is 49.6 Å². The van der Waals surface area contributed by atoms with Crippen molar-refractivity contribution in [1.82, 2.24) is 15.1 Å². The zero-order valence-electron chi connectivity index (χ0n) is 10.1. The van der Waals surface area contributed by atoms with E-state index in [-0.39, 0.29) is 0 Å². The van der Waals surface area contributed by atoms with E-state index in [4.69, 9.17) is 11.6 Å². The molecule has 1 N–H and O–H groups in total. The molecule has 18 heavy (non-hydrogen) atoms. The highest BCUT2D eigenvalue weighted by Gasteiger charge is 2.14. The first-order valence-electron chi connectivity index (χ1n) is 6.35. The van der Waals surface area contributed by atoms with Crippen molar-refractivity contribution in [1.29, 1.82) is 0 Å². The van der Waals surface area contributed by atoms with E-state index in [2.05, 4.69) is 34.7 Å². The van der Waals surface area contributed by atoms with E-state index in [0.29, 0.717) is 11.2 Å². The highest BCUT2D eigenvalue weighted by molar-refractivity contribution is 6.29. The maximum Gasteiger partial charge on any atom is 0.132 e. The average Bonchev–Trinajstić information content (AvgIpc) is 3.02. The second-order valence-electron chi connectivity index (χ2n) is 4.73. The van der Waals surface area contributed by atoms with Gasteiger partial charge in [0.2, 0.25) is 0 Å². The molecular weight excluding hydrogens is 246 g/mol. The summed E-state index contributed by atoms with van der Waals surface area (Å²) in [6, 6.07) is 10.9. The number of benzene rings is 1. The van der Waals surface area contributed by atoms with Gasteiger partial charge in [0.15, 0.2) is 0 Å². The molecule has 0 aliphatic carbocycles. The fourth-order valence-corrected chi connectivity index (χ4v) is 2.66. The van der Waals surface area contributed by atoms with E-state index in [0.717, 1.165) is 18.7 Å². The van der Waals surface area contributed by atoms with Crippen LogP contribution in [0.4, 0.5) is 0 Å². The Bertz CT molecular complexity index is 512. The van der Waals surface area contributed by atoms with Crippen molar-refractivity contribution >= 4 is 11.6 Å². The molecule has 0 bridgehead atoms. The third kappa shape index (κ3) is 2.42. The molecular formula is C14H16ClN3. The molecule has 2 aromatic rings. The minimum Gasteiger partial charge on any atom is -0.314 e. The molecule has 1 unspecified atom stereocenters. The minimum atomic E-state index is 0.639. The van der Waals surface area contributed by atoms with Gasteiger partial charge < -0.3 is 5.32 Å². The molecule has 3 nitrogen and oxygen atoms in total. The van der Waals surface area contributed by atoms with Crippen LogP contribution >= 0.6 is 11.6 Å². The third-order valence-corrected chi connectivity index (χ3v) is 3.71. The maximum absolute atomic E-state index is 6.04. The van der Waals surface area contributed by atoms with Crippen LogP contribution in [-0.2, 0) is 6.42 Å². The molecule has 1 aromatic heterocycles. The Balaban J connectivity index is 1.74. The van der Waals surface area contributed by atoms with Crippen LogP contribution in [0.3, 0.4) is 0 Å². The van der Waals surface area contributed by atoms with Crippen molar-refractivity contribution in [3.8, 4) is 5.69 Å². The summed E-state index contributed by atoms with van der Waals surface area (Å²) >= 11 is 6.04. The van der Waals surface area contributed by atoms with Crippen LogP contribution in [-0.4, -0.2) is 22.4 Å². The van der Waals surface area contributed by atoms with Gasteiger partial charge in [-0.1, -0.05) is 23.7 Å². The molecule has 1 aliphatic heterocycles. The maximum atomic E-state index is 6.04. The molecule has 1 saturated heterocycles. The Kier molecular flexibility index (Phi) is 3.35. The minimum absolute atomic E-state index is 0.639. The molecule has 1 aliphatic rings. The topological polar surface area (TPSA) is 29.9 Å². The number of hydrogen-bond donors (Lipinski definition) is 1. The Hall–Kier alpha value is -1.32. The van der Waals surface area contributed by atoms with E-state index in [1.165, 1.54) is 18.4 Å². The second-order valence-corrected chi connectivity index (χ2v) is 5.12. The monoisotopic (exact) mass is 261 g/mol. The van der Waals surface area contributed by atoms with Crippen LogP contribution < -0.4 is 5.32 Å². The van der Waals surface area contributed by atoms with Crippen LogP contribution in [0, 0.1) is 0 Å². The van der Waals surface area contributed by atoms with Gasteiger partial charge in [-0.25, -0.2) is 4.68 Å². The van der Waals surface area contributed by atoms with Crippen LogP contribution in [0.15, 0.2) is 36.5 Å². The summed E-state index contributed by atoms with van der Waals surface area (Å²) in [5, 5.41) is 8.35. The third-order valence-electron chi connectivity index (χ3n) is 3.42. The summed E-state index contributed by atoms with van der Waals surface area (Å²) in [6.45, 7) is 1.16. The van der Waals surface area contributed by atoms with Crippen molar-refractivity contribution in [2.75, 3.05) is 6.54 Å². The van der Waals surface area contributed by atoms with Gasteiger partial charge in [0.05, 0.1) is 11.9 Å². The van der Waals surface area contributed by atoms with Crippen molar-refractivity contribution < 1.29 is 0 Å². The van der Waals surface area contributed by atoms with Gasteiger partial charge >= 0.3 is 0 Å². The van der Waals surface area contributed by atoms with Gasteiger partial charge in [0.1, 0.15) is 5.15 Å². The van der Waals surface area contributed by atoms with E-state index >= 15 is 0 Å². The molecule has 1 fully saturated rings. The van der Waals surface area contributed by atoms with E-state index in [1.807, 2.05) is 0 Å². The molecule has 0 saturated carbocycles. The predicted octanol–water partition coefficient (Wildman–Crippen LogP) is 2.82. The molecule has 0 amide bonds. The van der Waals surface area contributed by atoms with Crippen molar-refractivity contribution in [3.05, 3.63) is 47.2 Å². The quantitative estimate of drug-likeness (QED) is 0.921. The number of nitrogens with one attached hydrogen (secondary N) is 1. The Labute approximate surface area is 112 Å². The summed E-state index contributed by atoms with van der Waals surface area (Å²) in [5.74, 6) is 0. The SMILES string of the molecule is Clc1ccnn1-c1ccc(CC2CCCN2)cc1. The molecule has 3 rings (SSSR count). The first kappa shape index (κ1) is 11.8. The standard InChI is InChI=1S/C14H16ClN3/c15-14-7-9-17-18(14)13-5-3-11(4-6-13)10-12-2-1-8-16-12/h3-7,9,12,16H,1-2,8,10H2. The normalized spacial score (nSPS) is 19.3. The molecule has 2 heterocycles. The second kappa shape index (κ2) is 5.12. The number of hydrogen-bond acceptors (Lipinski definition) is 2. The van der Waals surface area contributed by atoms with E-state index in [9.17, 15) is 0 Å². The van der Waals surface area contributed by atoms with Crippen LogP contribution in [0.2, 0.25) is 5.15 Å². The lowest BCUT2D eigenvalue weighted by molar-refractivity contribution is 0.603. The molecule has 94 valence electrons. The Morgan fingerprint density at radius 2 is 2.11 bits per heavy atom. The molecule has 0 spiro atoms. The first-order valence-corrected chi connectivity index (χ1v) is 6.73. The van der Waals surface area contributed by atoms with Gasteiger partial charge in [-0.3, -0.25) is 0 Å². The first-order chi connectivity index (χ1) is 8.83. The van der Waals surface area contributed by atoms with Crippen molar-refractivity contribution in [3.63, 3.8) is 0 Å². The van der Waals surface area contributed by atoms with Crippen LogP contribution in [0.1, 0.15) is 18.4 Å². The summed E-state index contributed by atoms with van der Waals surface area (Å²) in [4.78, 5) is 0. The average molecular weight is 262 g/mol. The lowest BCUT2D eigenvalue weighted by Crippen LogP contribution is -2.23. The van der Waals surface area contributed by atoms with Crippen molar-refractivity contribution in [2.45, 2.75) is 25.3 Å². The number of rotatable bonds is 3. The smallest absolute Gasteiger partial charge is 0.132 e. The highest BCUT2D eigenvalue weighted by atomic mass is 35.5. The van der Waals surface area contributed by atoms with Gasteiger partial charge in [-0.2, -0.15) is 5.10 Å². The predicted molar refractivity (Wildman–Crippen MR) is 73.3 cm³/mol. The molecule has 1 aromatic carbocycles. The summed E-state index contributed by atoms with van der Waals surface area (Å²) in [5.41, 5.74) is 2.37. The van der Waals surface area contributed by atoms with Gasteiger partial charge in [0.25, 0.3) is 0 Å². The number of nitrogens with zero attached hydrogens (tertiary/aromatic N) is 2. The fraction of sp³-hybridized carbons (Fsp3) is 0.357. The summed E-state index contributed by atoms with van der Waals surface area (Å²) in [7, 11) is 0. The number of aromatic nitrogens is 2. The molecule has 4 heteroatoms.